The summed E-state index contributed by atoms with van der Waals surface area (Å²) in [5.41, 5.74) is 0.641. The van der Waals surface area contributed by atoms with Gasteiger partial charge in [-0.3, -0.25) is 14.0 Å². The van der Waals surface area contributed by atoms with Gasteiger partial charge in [0.2, 0.25) is 5.88 Å². The maximum absolute atomic E-state index is 13.2. The molecule has 1 fully saturated rings. The van der Waals surface area contributed by atoms with Crippen molar-refractivity contribution in [2.24, 2.45) is 0 Å². The normalized spacial score (nSPS) is 17.2. The fourth-order valence-electron chi connectivity index (χ4n) is 3.55. The highest BCUT2D eigenvalue weighted by Gasteiger charge is 2.31. The Morgan fingerprint density at radius 3 is 2.81 bits per heavy atom. The van der Waals surface area contributed by atoms with Crippen LogP contribution in [0.5, 0.6) is 0 Å². The number of aryl methyl sites for hydroxylation is 1. The van der Waals surface area contributed by atoms with Crippen molar-refractivity contribution in [3.63, 3.8) is 0 Å². The van der Waals surface area contributed by atoms with Crippen LogP contribution in [0.4, 0.5) is 0 Å². The standard InChI is InChI=1S/C19H19N5O2/c1-14-17(16(12-20)19(26-14)22-8-2-3-9-22)18(25)23-10-4-6-15(13-23)24-11-5-7-21-24/h2-3,5,7-9,11,15H,4,6,10,13H2,1H3. The molecule has 3 aromatic rings. The van der Waals surface area contributed by atoms with Crippen LogP contribution < -0.4 is 0 Å². The van der Waals surface area contributed by atoms with Gasteiger partial charge in [-0.25, -0.2) is 0 Å². The lowest BCUT2D eigenvalue weighted by Gasteiger charge is -2.32. The second-order valence-corrected chi connectivity index (χ2v) is 6.45. The van der Waals surface area contributed by atoms with Gasteiger partial charge < -0.3 is 9.32 Å². The van der Waals surface area contributed by atoms with Crippen LogP contribution in [0.3, 0.4) is 0 Å². The van der Waals surface area contributed by atoms with Gasteiger partial charge in [0.05, 0.1) is 6.04 Å². The van der Waals surface area contributed by atoms with Crippen LogP contribution in [0.25, 0.3) is 5.88 Å². The largest absolute Gasteiger partial charge is 0.443 e. The third-order valence-corrected chi connectivity index (χ3v) is 4.81. The van der Waals surface area contributed by atoms with Crippen LogP contribution in [0.2, 0.25) is 0 Å². The van der Waals surface area contributed by atoms with E-state index in [1.165, 1.54) is 0 Å². The third kappa shape index (κ3) is 2.69. The van der Waals surface area contributed by atoms with Gasteiger partial charge in [-0.05, 0) is 38.0 Å². The highest BCUT2D eigenvalue weighted by molar-refractivity contribution is 5.98. The fraction of sp³-hybridized carbons (Fsp3) is 0.316. The van der Waals surface area contributed by atoms with Crippen LogP contribution in [0, 0.1) is 18.3 Å². The van der Waals surface area contributed by atoms with E-state index in [9.17, 15) is 10.1 Å². The molecular weight excluding hydrogens is 330 g/mol. The first-order chi connectivity index (χ1) is 12.7. The number of nitriles is 1. The van der Waals surface area contributed by atoms with Crippen LogP contribution in [0.1, 0.15) is 40.6 Å². The molecular formula is C19H19N5O2. The zero-order valence-corrected chi connectivity index (χ0v) is 14.5. The third-order valence-electron chi connectivity index (χ3n) is 4.81. The number of hydrogen-bond acceptors (Lipinski definition) is 4. The summed E-state index contributed by atoms with van der Waals surface area (Å²) in [4.78, 5) is 15.0. The SMILES string of the molecule is Cc1oc(-n2cccc2)c(C#N)c1C(=O)N1CCCC(n2cccn2)C1. The van der Waals surface area contributed by atoms with E-state index >= 15 is 0 Å². The lowest BCUT2D eigenvalue weighted by atomic mass is 10.0. The molecule has 3 aromatic heterocycles. The molecule has 0 spiro atoms. The molecule has 4 heterocycles. The average molecular weight is 349 g/mol. The second kappa shape index (κ2) is 6.56. The molecule has 0 saturated carbocycles. The molecule has 1 unspecified atom stereocenters. The Bertz CT molecular complexity index is 947. The van der Waals surface area contributed by atoms with E-state index in [1.807, 2.05) is 29.1 Å². The van der Waals surface area contributed by atoms with Crippen LogP contribution in [-0.4, -0.2) is 38.2 Å². The highest BCUT2D eigenvalue weighted by Crippen LogP contribution is 2.29. The van der Waals surface area contributed by atoms with E-state index in [-0.39, 0.29) is 17.5 Å². The molecule has 1 aliphatic heterocycles. The first kappa shape index (κ1) is 16.2. The van der Waals surface area contributed by atoms with Gasteiger partial charge in [0.15, 0.2) is 0 Å². The van der Waals surface area contributed by atoms with E-state index in [4.69, 9.17) is 4.42 Å². The predicted octanol–water partition coefficient (Wildman–Crippen LogP) is 2.92. The van der Waals surface area contributed by atoms with Crippen molar-refractivity contribution >= 4 is 5.91 Å². The lowest BCUT2D eigenvalue weighted by Crippen LogP contribution is -2.41. The molecule has 1 aliphatic rings. The van der Waals surface area contributed by atoms with Gasteiger partial charge in [-0.2, -0.15) is 10.4 Å². The molecule has 7 heteroatoms. The Balaban J connectivity index is 1.65. The second-order valence-electron chi connectivity index (χ2n) is 6.45. The first-order valence-corrected chi connectivity index (χ1v) is 8.64. The maximum Gasteiger partial charge on any atom is 0.258 e. The van der Waals surface area contributed by atoms with Crippen molar-refractivity contribution in [3.05, 3.63) is 59.9 Å². The minimum absolute atomic E-state index is 0.155. The van der Waals surface area contributed by atoms with Crippen molar-refractivity contribution < 1.29 is 9.21 Å². The number of furan rings is 1. The van der Waals surface area contributed by atoms with Crippen molar-refractivity contribution in [1.82, 2.24) is 19.2 Å². The summed E-state index contributed by atoms with van der Waals surface area (Å²) in [5, 5.41) is 14.0. The minimum Gasteiger partial charge on any atom is -0.443 e. The van der Waals surface area contributed by atoms with Gasteiger partial charge in [-0.15, -0.1) is 0 Å². The number of amides is 1. The Labute approximate surface area is 151 Å². The molecule has 0 N–H and O–H groups in total. The number of carbonyl (C=O) groups is 1. The molecule has 0 aliphatic carbocycles. The summed E-state index contributed by atoms with van der Waals surface area (Å²) in [6.07, 6.45) is 9.14. The van der Waals surface area contributed by atoms with E-state index in [2.05, 4.69) is 11.2 Å². The van der Waals surface area contributed by atoms with Crippen molar-refractivity contribution in [1.29, 1.82) is 5.26 Å². The fourth-order valence-corrected chi connectivity index (χ4v) is 3.55. The summed E-state index contributed by atoms with van der Waals surface area (Å²) in [6.45, 7) is 2.98. The molecule has 7 nitrogen and oxygen atoms in total. The lowest BCUT2D eigenvalue weighted by molar-refractivity contribution is 0.0671. The molecule has 1 amide bonds. The smallest absolute Gasteiger partial charge is 0.258 e. The number of piperidine rings is 1. The van der Waals surface area contributed by atoms with Gasteiger partial charge in [0, 0.05) is 37.9 Å². The van der Waals surface area contributed by atoms with E-state index < -0.39 is 0 Å². The predicted molar refractivity (Wildman–Crippen MR) is 93.9 cm³/mol. The van der Waals surface area contributed by atoms with Gasteiger partial charge in [0.25, 0.3) is 5.91 Å². The van der Waals surface area contributed by atoms with Crippen molar-refractivity contribution in [2.45, 2.75) is 25.8 Å². The quantitative estimate of drug-likeness (QED) is 0.728. The topological polar surface area (TPSA) is 80.0 Å². The minimum atomic E-state index is -0.155. The monoisotopic (exact) mass is 349 g/mol. The molecule has 132 valence electrons. The number of nitrogens with zero attached hydrogens (tertiary/aromatic N) is 5. The van der Waals surface area contributed by atoms with Gasteiger partial charge >= 0.3 is 0 Å². The molecule has 1 atom stereocenters. The van der Waals surface area contributed by atoms with Crippen LogP contribution in [0.15, 0.2) is 47.4 Å². The highest BCUT2D eigenvalue weighted by atomic mass is 16.4. The number of aromatic nitrogens is 3. The first-order valence-electron chi connectivity index (χ1n) is 8.64. The Kier molecular flexibility index (Phi) is 4.09. The maximum atomic E-state index is 13.2. The molecule has 1 saturated heterocycles. The molecule has 0 aromatic carbocycles. The van der Waals surface area contributed by atoms with E-state index in [1.54, 1.807) is 35.0 Å². The Morgan fingerprint density at radius 1 is 1.31 bits per heavy atom. The van der Waals surface area contributed by atoms with E-state index in [0.29, 0.717) is 30.3 Å². The van der Waals surface area contributed by atoms with Crippen LogP contribution >= 0.6 is 0 Å². The Morgan fingerprint density at radius 2 is 2.12 bits per heavy atom. The molecule has 26 heavy (non-hydrogen) atoms. The number of rotatable bonds is 3. The summed E-state index contributed by atoms with van der Waals surface area (Å²) < 4.78 is 9.38. The van der Waals surface area contributed by atoms with Crippen molar-refractivity contribution in [3.8, 4) is 12.0 Å². The van der Waals surface area contributed by atoms with E-state index in [0.717, 1.165) is 12.8 Å². The Hall–Kier alpha value is -3.27. The number of likely N-dealkylation sites (tertiary alicyclic amines) is 1. The molecule has 4 rings (SSSR count). The zero-order chi connectivity index (χ0) is 18.1. The molecule has 0 bridgehead atoms. The zero-order valence-electron chi connectivity index (χ0n) is 14.5. The van der Waals surface area contributed by atoms with Gasteiger partial charge in [0.1, 0.15) is 23.0 Å². The summed E-state index contributed by atoms with van der Waals surface area (Å²) in [7, 11) is 0. The van der Waals surface area contributed by atoms with Crippen LogP contribution in [-0.2, 0) is 0 Å². The molecule has 0 radical (unpaired) electrons. The number of carbonyl (C=O) groups excluding carboxylic acids is 1. The summed E-state index contributed by atoms with van der Waals surface area (Å²) >= 11 is 0. The summed E-state index contributed by atoms with van der Waals surface area (Å²) in [6, 6.07) is 7.89. The average Bonchev–Trinajstić information content (AvgIpc) is 3.41. The summed E-state index contributed by atoms with van der Waals surface area (Å²) in [5.74, 6) is 0.702. The van der Waals surface area contributed by atoms with Gasteiger partial charge in [-0.1, -0.05) is 0 Å². The number of hydrogen-bond donors (Lipinski definition) is 0. The van der Waals surface area contributed by atoms with Crippen molar-refractivity contribution in [2.75, 3.05) is 13.1 Å².